The SMILES string of the molecule is Cc1noc(COC(=O)CCNC(=O)c2cccs2)n1. The van der Waals surface area contributed by atoms with Gasteiger partial charge >= 0.3 is 5.97 Å². The van der Waals surface area contributed by atoms with Gasteiger partial charge in [-0.3, -0.25) is 9.59 Å². The molecule has 1 N–H and O–H groups in total. The maximum atomic E-state index is 11.6. The normalized spacial score (nSPS) is 10.2. The highest BCUT2D eigenvalue weighted by atomic mass is 32.1. The topological polar surface area (TPSA) is 94.3 Å². The molecule has 0 aliphatic rings. The lowest BCUT2D eigenvalue weighted by Gasteiger charge is -2.03. The summed E-state index contributed by atoms with van der Waals surface area (Å²) in [5, 5.41) is 8.03. The zero-order valence-electron chi connectivity index (χ0n) is 10.8. The number of esters is 1. The summed E-state index contributed by atoms with van der Waals surface area (Å²) in [7, 11) is 0. The summed E-state index contributed by atoms with van der Waals surface area (Å²) >= 11 is 1.34. The van der Waals surface area contributed by atoms with Crippen molar-refractivity contribution in [3.05, 3.63) is 34.1 Å². The maximum absolute atomic E-state index is 11.6. The predicted molar refractivity (Wildman–Crippen MR) is 70.1 cm³/mol. The summed E-state index contributed by atoms with van der Waals surface area (Å²) in [5.74, 6) is 0.102. The predicted octanol–water partition coefficient (Wildman–Crippen LogP) is 1.30. The van der Waals surface area contributed by atoms with Gasteiger partial charge in [0, 0.05) is 6.54 Å². The number of carbonyl (C=O) groups is 2. The molecule has 106 valence electrons. The molecular weight excluding hydrogens is 282 g/mol. The molecule has 0 aliphatic carbocycles. The molecule has 7 nitrogen and oxygen atoms in total. The lowest BCUT2D eigenvalue weighted by atomic mass is 10.4. The summed E-state index contributed by atoms with van der Waals surface area (Å²) in [6.07, 6.45) is 0.0875. The van der Waals surface area contributed by atoms with Crippen LogP contribution in [0.5, 0.6) is 0 Å². The average molecular weight is 295 g/mol. The van der Waals surface area contributed by atoms with Crippen molar-refractivity contribution in [3.63, 3.8) is 0 Å². The first-order chi connectivity index (χ1) is 9.65. The van der Waals surface area contributed by atoms with Crippen LogP contribution in [0, 0.1) is 6.92 Å². The second-order valence-electron chi connectivity index (χ2n) is 3.88. The summed E-state index contributed by atoms with van der Waals surface area (Å²) in [6.45, 7) is 1.84. The Kier molecular flexibility index (Phi) is 4.83. The van der Waals surface area contributed by atoms with Crippen molar-refractivity contribution < 1.29 is 18.8 Å². The Morgan fingerprint density at radius 1 is 1.50 bits per heavy atom. The van der Waals surface area contributed by atoms with E-state index in [2.05, 4.69) is 15.5 Å². The monoisotopic (exact) mass is 295 g/mol. The molecule has 0 spiro atoms. The third kappa shape index (κ3) is 4.16. The van der Waals surface area contributed by atoms with Gasteiger partial charge in [-0.15, -0.1) is 11.3 Å². The second kappa shape index (κ2) is 6.80. The van der Waals surface area contributed by atoms with Gasteiger partial charge in [0.25, 0.3) is 11.8 Å². The zero-order chi connectivity index (χ0) is 14.4. The fraction of sp³-hybridized carbons (Fsp3) is 0.333. The number of aromatic nitrogens is 2. The first kappa shape index (κ1) is 14.2. The number of ether oxygens (including phenoxy) is 1. The minimum absolute atomic E-state index is 0.0570. The Labute approximate surface area is 118 Å². The van der Waals surface area contributed by atoms with Gasteiger partial charge in [-0.25, -0.2) is 0 Å². The van der Waals surface area contributed by atoms with Crippen molar-refractivity contribution in [1.29, 1.82) is 0 Å². The molecule has 1 amide bonds. The van der Waals surface area contributed by atoms with E-state index >= 15 is 0 Å². The van der Waals surface area contributed by atoms with Crippen molar-refractivity contribution in [2.45, 2.75) is 20.0 Å². The Bertz CT molecular complexity index is 579. The van der Waals surface area contributed by atoms with Gasteiger partial charge in [0.05, 0.1) is 11.3 Å². The van der Waals surface area contributed by atoms with E-state index in [0.29, 0.717) is 10.7 Å². The minimum atomic E-state index is -0.438. The number of thiophene rings is 1. The standard InChI is InChI=1S/C12H13N3O4S/c1-8-14-10(19-15-8)7-18-11(16)4-5-13-12(17)9-3-2-6-20-9/h2-3,6H,4-5,7H2,1H3,(H,13,17). The molecule has 2 heterocycles. The molecule has 0 saturated carbocycles. The zero-order valence-corrected chi connectivity index (χ0v) is 11.6. The van der Waals surface area contributed by atoms with Crippen LogP contribution in [0.25, 0.3) is 0 Å². The van der Waals surface area contributed by atoms with Crippen LogP contribution in [0.3, 0.4) is 0 Å². The molecule has 2 rings (SSSR count). The van der Waals surface area contributed by atoms with E-state index in [-0.39, 0.29) is 31.4 Å². The molecule has 0 fully saturated rings. The fourth-order valence-electron chi connectivity index (χ4n) is 1.39. The number of hydrogen-bond acceptors (Lipinski definition) is 7. The maximum Gasteiger partial charge on any atom is 0.308 e. The highest BCUT2D eigenvalue weighted by Gasteiger charge is 2.10. The average Bonchev–Trinajstić information content (AvgIpc) is 3.07. The van der Waals surface area contributed by atoms with Crippen LogP contribution in [0.2, 0.25) is 0 Å². The van der Waals surface area contributed by atoms with Crippen LogP contribution in [0.4, 0.5) is 0 Å². The van der Waals surface area contributed by atoms with Crippen LogP contribution in [-0.2, 0) is 16.1 Å². The van der Waals surface area contributed by atoms with E-state index in [9.17, 15) is 9.59 Å². The number of nitrogens with one attached hydrogen (secondary N) is 1. The molecule has 2 aromatic rings. The van der Waals surface area contributed by atoms with Crippen LogP contribution < -0.4 is 5.32 Å². The van der Waals surface area contributed by atoms with Gasteiger partial charge < -0.3 is 14.6 Å². The van der Waals surface area contributed by atoms with Crippen LogP contribution in [0.15, 0.2) is 22.0 Å². The molecular formula is C12H13N3O4S. The number of carbonyl (C=O) groups excluding carboxylic acids is 2. The Balaban J connectivity index is 1.64. The Hall–Kier alpha value is -2.22. The summed E-state index contributed by atoms with van der Waals surface area (Å²) < 4.78 is 9.73. The van der Waals surface area contributed by atoms with E-state index in [1.165, 1.54) is 11.3 Å². The van der Waals surface area contributed by atoms with Gasteiger partial charge in [0.1, 0.15) is 0 Å². The van der Waals surface area contributed by atoms with Crippen LogP contribution in [0.1, 0.15) is 27.8 Å². The fourth-order valence-corrected chi connectivity index (χ4v) is 2.03. The van der Waals surface area contributed by atoms with E-state index < -0.39 is 5.97 Å². The number of amides is 1. The van der Waals surface area contributed by atoms with E-state index in [0.717, 1.165) is 0 Å². The number of nitrogens with zero attached hydrogens (tertiary/aromatic N) is 2. The number of hydrogen-bond donors (Lipinski definition) is 1. The van der Waals surface area contributed by atoms with E-state index in [1.807, 2.05) is 5.38 Å². The van der Waals surface area contributed by atoms with Gasteiger partial charge in [-0.2, -0.15) is 4.98 Å². The van der Waals surface area contributed by atoms with Crippen molar-refractivity contribution in [1.82, 2.24) is 15.5 Å². The number of aryl methyl sites for hydroxylation is 1. The third-order valence-electron chi connectivity index (χ3n) is 2.29. The molecule has 0 bridgehead atoms. The first-order valence-electron chi connectivity index (χ1n) is 5.91. The first-order valence-corrected chi connectivity index (χ1v) is 6.79. The lowest BCUT2D eigenvalue weighted by Crippen LogP contribution is -2.25. The minimum Gasteiger partial charge on any atom is -0.456 e. The van der Waals surface area contributed by atoms with Crippen molar-refractivity contribution in [2.75, 3.05) is 6.54 Å². The van der Waals surface area contributed by atoms with Gasteiger partial charge in [0.15, 0.2) is 12.4 Å². The van der Waals surface area contributed by atoms with Gasteiger partial charge in [-0.1, -0.05) is 11.2 Å². The molecule has 0 radical (unpaired) electrons. The third-order valence-corrected chi connectivity index (χ3v) is 3.15. The molecule has 0 aromatic carbocycles. The number of rotatable bonds is 6. The van der Waals surface area contributed by atoms with Gasteiger partial charge in [0.2, 0.25) is 0 Å². The van der Waals surface area contributed by atoms with E-state index in [4.69, 9.17) is 9.26 Å². The molecule has 20 heavy (non-hydrogen) atoms. The second-order valence-corrected chi connectivity index (χ2v) is 4.83. The van der Waals surface area contributed by atoms with Gasteiger partial charge in [-0.05, 0) is 18.4 Å². The molecule has 0 aliphatic heterocycles. The smallest absolute Gasteiger partial charge is 0.308 e. The summed E-state index contributed by atoms with van der Waals surface area (Å²) in [6, 6.07) is 3.51. The van der Waals surface area contributed by atoms with Crippen molar-refractivity contribution in [2.24, 2.45) is 0 Å². The molecule has 0 saturated heterocycles. The molecule has 2 aromatic heterocycles. The molecule has 8 heteroatoms. The highest BCUT2D eigenvalue weighted by molar-refractivity contribution is 7.12. The summed E-state index contributed by atoms with van der Waals surface area (Å²) in [5.41, 5.74) is 0. The van der Waals surface area contributed by atoms with E-state index in [1.54, 1.807) is 19.1 Å². The largest absolute Gasteiger partial charge is 0.456 e. The molecule has 0 unspecified atom stereocenters. The molecule has 0 atom stereocenters. The highest BCUT2D eigenvalue weighted by Crippen LogP contribution is 2.07. The Morgan fingerprint density at radius 3 is 3.00 bits per heavy atom. The lowest BCUT2D eigenvalue weighted by molar-refractivity contribution is -0.145. The summed E-state index contributed by atoms with van der Waals surface area (Å²) in [4.78, 5) is 27.5. The quantitative estimate of drug-likeness (QED) is 0.807. The van der Waals surface area contributed by atoms with Crippen LogP contribution >= 0.6 is 11.3 Å². The Morgan fingerprint density at radius 2 is 2.35 bits per heavy atom. The van der Waals surface area contributed by atoms with Crippen LogP contribution in [-0.4, -0.2) is 28.6 Å². The van der Waals surface area contributed by atoms with Crippen molar-refractivity contribution in [3.8, 4) is 0 Å². The van der Waals surface area contributed by atoms with Crippen molar-refractivity contribution >= 4 is 23.2 Å².